The number of hydrogen-bond acceptors (Lipinski definition) is 4. The molecule has 3 nitrogen and oxygen atoms in total. The van der Waals surface area contributed by atoms with Crippen LogP contribution >= 0.6 is 11.3 Å². The highest BCUT2D eigenvalue weighted by atomic mass is 32.1. The van der Waals surface area contributed by atoms with Crippen molar-refractivity contribution in [2.75, 3.05) is 19.8 Å². The Bertz CT molecular complexity index is 279. The zero-order valence-electron chi connectivity index (χ0n) is 9.16. The molecule has 0 amide bonds. The van der Waals surface area contributed by atoms with Crippen LogP contribution < -0.4 is 5.32 Å². The van der Waals surface area contributed by atoms with Crippen LogP contribution in [0.15, 0.2) is 11.6 Å². The zero-order chi connectivity index (χ0) is 10.6. The van der Waals surface area contributed by atoms with Crippen LogP contribution in [0.25, 0.3) is 0 Å². The molecule has 1 aliphatic rings. The van der Waals surface area contributed by atoms with Gasteiger partial charge in [0.2, 0.25) is 0 Å². The van der Waals surface area contributed by atoms with E-state index in [0.717, 1.165) is 39.0 Å². The van der Waals surface area contributed by atoms with Gasteiger partial charge in [-0.2, -0.15) is 0 Å². The molecule has 0 saturated carbocycles. The highest BCUT2D eigenvalue weighted by molar-refractivity contribution is 7.09. The van der Waals surface area contributed by atoms with Crippen LogP contribution in [-0.4, -0.2) is 24.7 Å². The molecule has 1 atom stereocenters. The van der Waals surface area contributed by atoms with Gasteiger partial charge in [-0.1, -0.05) is 6.92 Å². The molecule has 1 aliphatic heterocycles. The SMILES string of the molecule is CCNC1(c2nccs2)CCCOCC1. The molecule has 4 heteroatoms. The average Bonchev–Trinajstić information content (AvgIpc) is 2.68. The van der Waals surface area contributed by atoms with E-state index in [0.29, 0.717) is 0 Å². The molecule has 1 aromatic heterocycles. The Labute approximate surface area is 94.9 Å². The monoisotopic (exact) mass is 226 g/mol. The Balaban J connectivity index is 2.21. The molecule has 0 aliphatic carbocycles. The van der Waals surface area contributed by atoms with Crippen molar-refractivity contribution in [3.63, 3.8) is 0 Å². The topological polar surface area (TPSA) is 34.2 Å². The van der Waals surface area contributed by atoms with Gasteiger partial charge in [0.15, 0.2) is 0 Å². The van der Waals surface area contributed by atoms with Gasteiger partial charge in [-0.15, -0.1) is 11.3 Å². The molecule has 0 bridgehead atoms. The summed E-state index contributed by atoms with van der Waals surface area (Å²) in [7, 11) is 0. The summed E-state index contributed by atoms with van der Waals surface area (Å²) in [6.07, 6.45) is 5.18. The van der Waals surface area contributed by atoms with E-state index < -0.39 is 0 Å². The molecule has 15 heavy (non-hydrogen) atoms. The Morgan fingerprint density at radius 2 is 2.47 bits per heavy atom. The minimum atomic E-state index is 0.0689. The number of nitrogens with zero attached hydrogens (tertiary/aromatic N) is 1. The second-order valence-corrected chi connectivity index (χ2v) is 4.81. The first-order valence-electron chi connectivity index (χ1n) is 5.60. The Morgan fingerprint density at radius 3 is 3.20 bits per heavy atom. The number of aromatic nitrogens is 1. The summed E-state index contributed by atoms with van der Waals surface area (Å²) < 4.78 is 5.53. The van der Waals surface area contributed by atoms with Gasteiger partial charge < -0.3 is 10.1 Å². The Hall–Kier alpha value is -0.450. The van der Waals surface area contributed by atoms with Crippen LogP contribution in [-0.2, 0) is 10.3 Å². The van der Waals surface area contributed by atoms with Gasteiger partial charge >= 0.3 is 0 Å². The van der Waals surface area contributed by atoms with Crippen LogP contribution in [0.5, 0.6) is 0 Å². The fraction of sp³-hybridized carbons (Fsp3) is 0.727. The predicted molar refractivity (Wildman–Crippen MR) is 62.1 cm³/mol. The van der Waals surface area contributed by atoms with Crippen molar-refractivity contribution < 1.29 is 4.74 Å². The van der Waals surface area contributed by atoms with Crippen molar-refractivity contribution in [2.45, 2.75) is 31.7 Å². The van der Waals surface area contributed by atoms with E-state index >= 15 is 0 Å². The normalized spacial score (nSPS) is 27.5. The first-order valence-corrected chi connectivity index (χ1v) is 6.48. The molecule has 1 saturated heterocycles. The van der Waals surface area contributed by atoms with Gasteiger partial charge in [-0.3, -0.25) is 0 Å². The van der Waals surface area contributed by atoms with Crippen molar-refractivity contribution >= 4 is 11.3 Å². The summed E-state index contributed by atoms with van der Waals surface area (Å²) in [6.45, 7) is 4.87. The van der Waals surface area contributed by atoms with Gasteiger partial charge in [0.1, 0.15) is 5.01 Å². The van der Waals surface area contributed by atoms with Crippen molar-refractivity contribution in [3.05, 3.63) is 16.6 Å². The van der Waals surface area contributed by atoms with Crippen LogP contribution in [0.2, 0.25) is 0 Å². The summed E-state index contributed by atoms with van der Waals surface area (Å²) in [5.74, 6) is 0. The summed E-state index contributed by atoms with van der Waals surface area (Å²) in [4.78, 5) is 4.47. The van der Waals surface area contributed by atoms with E-state index in [1.165, 1.54) is 5.01 Å². The second-order valence-electron chi connectivity index (χ2n) is 3.92. The first-order chi connectivity index (χ1) is 7.37. The minimum absolute atomic E-state index is 0.0689. The Kier molecular flexibility index (Phi) is 3.72. The van der Waals surface area contributed by atoms with E-state index in [2.05, 4.69) is 22.6 Å². The highest BCUT2D eigenvalue weighted by Crippen LogP contribution is 2.33. The first kappa shape index (κ1) is 11.0. The Morgan fingerprint density at radius 1 is 1.53 bits per heavy atom. The van der Waals surface area contributed by atoms with Crippen LogP contribution in [0, 0.1) is 0 Å². The number of thiazole rings is 1. The summed E-state index contributed by atoms with van der Waals surface area (Å²) in [5, 5.41) is 6.88. The van der Waals surface area contributed by atoms with E-state index in [4.69, 9.17) is 4.74 Å². The molecule has 1 unspecified atom stereocenters. The second kappa shape index (κ2) is 5.05. The molecule has 1 fully saturated rings. The maximum Gasteiger partial charge on any atom is 0.113 e. The van der Waals surface area contributed by atoms with Crippen molar-refractivity contribution in [1.82, 2.24) is 10.3 Å². The van der Waals surface area contributed by atoms with E-state index in [9.17, 15) is 0 Å². The van der Waals surface area contributed by atoms with Crippen molar-refractivity contribution in [1.29, 1.82) is 0 Å². The van der Waals surface area contributed by atoms with Gasteiger partial charge in [0.25, 0.3) is 0 Å². The molecular weight excluding hydrogens is 208 g/mol. The fourth-order valence-corrected chi connectivity index (χ4v) is 3.09. The molecule has 1 N–H and O–H groups in total. The molecule has 0 radical (unpaired) electrons. The quantitative estimate of drug-likeness (QED) is 0.857. The summed E-state index contributed by atoms with van der Waals surface area (Å²) in [5.41, 5.74) is 0.0689. The third kappa shape index (κ3) is 2.38. The molecule has 0 aromatic carbocycles. The number of rotatable bonds is 3. The van der Waals surface area contributed by atoms with E-state index in [-0.39, 0.29) is 5.54 Å². The molecule has 1 aromatic rings. The zero-order valence-corrected chi connectivity index (χ0v) is 9.98. The van der Waals surface area contributed by atoms with Crippen molar-refractivity contribution in [3.8, 4) is 0 Å². The lowest BCUT2D eigenvalue weighted by Gasteiger charge is -2.31. The van der Waals surface area contributed by atoms with Gasteiger partial charge in [-0.25, -0.2) is 4.98 Å². The van der Waals surface area contributed by atoms with Gasteiger partial charge in [0, 0.05) is 24.8 Å². The van der Waals surface area contributed by atoms with E-state index in [1.54, 1.807) is 11.3 Å². The lowest BCUT2D eigenvalue weighted by Crippen LogP contribution is -2.42. The number of nitrogens with one attached hydrogen (secondary N) is 1. The molecule has 0 spiro atoms. The van der Waals surface area contributed by atoms with Crippen molar-refractivity contribution in [2.24, 2.45) is 0 Å². The largest absolute Gasteiger partial charge is 0.381 e. The molecule has 2 rings (SSSR count). The predicted octanol–water partition coefficient (Wildman–Crippen LogP) is 2.15. The maximum atomic E-state index is 5.53. The number of hydrogen-bond donors (Lipinski definition) is 1. The molecular formula is C11H18N2OS. The van der Waals surface area contributed by atoms with Crippen LogP contribution in [0.1, 0.15) is 31.2 Å². The summed E-state index contributed by atoms with van der Waals surface area (Å²) in [6, 6.07) is 0. The third-order valence-corrected chi connectivity index (χ3v) is 3.90. The smallest absolute Gasteiger partial charge is 0.113 e. The standard InChI is InChI=1S/C11H18N2OS/c1-2-13-11(10-12-6-9-15-10)4-3-7-14-8-5-11/h6,9,13H,2-5,7-8H2,1H3. The van der Waals surface area contributed by atoms with Gasteiger partial charge in [-0.05, 0) is 25.8 Å². The lowest BCUT2D eigenvalue weighted by molar-refractivity contribution is 0.136. The van der Waals surface area contributed by atoms with Crippen LogP contribution in [0.4, 0.5) is 0 Å². The van der Waals surface area contributed by atoms with Crippen LogP contribution in [0.3, 0.4) is 0 Å². The van der Waals surface area contributed by atoms with E-state index in [1.807, 2.05) is 6.20 Å². The molecule has 2 heterocycles. The average molecular weight is 226 g/mol. The summed E-state index contributed by atoms with van der Waals surface area (Å²) >= 11 is 1.75. The van der Waals surface area contributed by atoms with Gasteiger partial charge in [0.05, 0.1) is 5.54 Å². The third-order valence-electron chi connectivity index (χ3n) is 2.92. The molecule has 84 valence electrons. The fourth-order valence-electron chi connectivity index (χ4n) is 2.21. The highest BCUT2D eigenvalue weighted by Gasteiger charge is 2.34. The lowest BCUT2D eigenvalue weighted by atomic mass is 9.91. The minimum Gasteiger partial charge on any atom is -0.381 e. The maximum absolute atomic E-state index is 5.53. The number of ether oxygens (including phenoxy) is 1.